The first-order valence-electron chi connectivity index (χ1n) is 4.60. The lowest BCUT2D eigenvalue weighted by Gasteiger charge is -2.01. The first-order valence-corrected chi connectivity index (χ1v) is 4.98. The summed E-state index contributed by atoms with van der Waals surface area (Å²) in [6, 6.07) is 4.82. The number of carbonyl (C=O) groups excluding carboxylic acids is 1. The average molecular weight is 237 g/mol. The van der Waals surface area contributed by atoms with Crippen molar-refractivity contribution in [3.63, 3.8) is 0 Å². The van der Waals surface area contributed by atoms with E-state index in [4.69, 9.17) is 11.6 Å². The van der Waals surface area contributed by atoms with Crippen molar-refractivity contribution in [2.45, 2.75) is 6.92 Å². The number of nitrogens with zero attached hydrogens (tertiary/aromatic N) is 2. The van der Waals surface area contributed by atoms with Crippen LogP contribution in [0.15, 0.2) is 24.4 Å². The normalized spacial score (nSPS) is 10.1. The van der Waals surface area contributed by atoms with Gasteiger partial charge in [0.2, 0.25) is 0 Å². The van der Waals surface area contributed by atoms with Crippen LogP contribution < -0.4 is 5.32 Å². The maximum absolute atomic E-state index is 11.7. The topological polar surface area (TPSA) is 70.7 Å². The quantitative estimate of drug-likeness (QED) is 0.784. The summed E-state index contributed by atoms with van der Waals surface area (Å²) in [6.07, 6.45) is 1.48. The van der Waals surface area contributed by atoms with Gasteiger partial charge in [-0.15, -0.1) is 0 Å². The zero-order valence-electron chi connectivity index (χ0n) is 8.49. The van der Waals surface area contributed by atoms with Crippen molar-refractivity contribution in [3.8, 4) is 0 Å². The van der Waals surface area contributed by atoms with E-state index in [0.717, 1.165) is 5.69 Å². The van der Waals surface area contributed by atoms with E-state index in [9.17, 15) is 4.79 Å². The zero-order valence-corrected chi connectivity index (χ0v) is 9.25. The van der Waals surface area contributed by atoms with Crippen LogP contribution in [0.4, 0.5) is 5.82 Å². The van der Waals surface area contributed by atoms with Gasteiger partial charge in [0.05, 0.1) is 0 Å². The van der Waals surface area contributed by atoms with Crippen LogP contribution in [-0.2, 0) is 0 Å². The number of carbonyl (C=O) groups is 1. The molecule has 5 nitrogen and oxygen atoms in total. The predicted molar refractivity (Wildman–Crippen MR) is 60.5 cm³/mol. The summed E-state index contributed by atoms with van der Waals surface area (Å²) >= 11 is 5.68. The van der Waals surface area contributed by atoms with E-state index in [1.54, 1.807) is 12.1 Å². The molecule has 82 valence electrons. The molecule has 0 aliphatic rings. The molecule has 0 spiro atoms. The number of H-pyrrole nitrogens is 1. The average Bonchev–Trinajstić information content (AvgIpc) is 2.64. The summed E-state index contributed by atoms with van der Waals surface area (Å²) < 4.78 is 0. The molecule has 0 aliphatic heterocycles. The number of hydrogen-bond donors (Lipinski definition) is 2. The number of halogens is 1. The second-order valence-electron chi connectivity index (χ2n) is 3.26. The van der Waals surface area contributed by atoms with Crippen LogP contribution in [0.25, 0.3) is 0 Å². The number of aromatic amines is 1. The van der Waals surface area contributed by atoms with Crippen molar-refractivity contribution in [1.29, 1.82) is 0 Å². The molecule has 2 N–H and O–H groups in total. The molecule has 0 aromatic carbocycles. The lowest BCUT2D eigenvalue weighted by molar-refractivity contribution is 0.102. The third kappa shape index (κ3) is 2.38. The number of nitrogens with one attached hydrogen (secondary N) is 2. The molecule has 1 amide bonds. The minimum Gasteiger partial charge on any atom is -0.305 e. The largest absolute Gasteiger partial charge is 0.305 e. The Morgan fingerprint density at radius 2 is 2.31 bits per heavy atom. The monoisotopic (exact) mass is 236 g/mol. The van der Waals surface area contributed by atoms with Crippen LogP contribution in [0.5, 0.6) is 0 Å². The molecule has 0 saturated carbocycles. The first-order chi connectivity index (χ1) is 7.65. The van der Waals surface area contributed by atoms with E-state index >= 15 is 0 Å². The standard InChI is InChI=1S/C10H9ClN4O/c1-6-4-9(15-14-6)13-10(16)7-2-3-12-8(11)5-7/h2-5H,1H3,(H2,13,14,15,16). The third-order valence-electron chi connectivity index (χ3n) is 1.94. The fraction of sp³-hybridized carbons (Fsp3) is 0.100. The fourth-order valence-electron chi connectivity index (χ4n) is 1.21. The first kappa shape index (κ1) is 10.6. The second-order valence-corrected chi connectivity index (χ2v) is 3.64. The van der Waals surface area contributed by atoms with Crippen LogP contribution in [0.1, 0.15) is 16.1 Å². The molecule has 16 heavy (non-hydrogen) atoms. The van der Waals surface area contributed by atoms with Gasteiger partial charge in [0.25, 0.3) is 5.91 Å². The molecule has 2 aromatic rings. The Labute approximate surface area is 96.8 Å². The minimum absolute atomic E-state index is 0.268. The van der Waals surface area contributed by atoms with Gasteiger partial charge in [-0.2, -0.15) is 5.10 Å². The van der Waals surface area contributed by atoms with Crippen molar-refractivity contribution in [3.05, 3.63) is 40.8 Å². The van der Waals surface area contributed by atoms with Crippen LogP contribution in [0.2, 0.25) is 5.15 Å². The highest BCUT2D eigenvalue weighted by atomic mass is 35.5. The number of pyridine rings is 1. The molecule has 0 radical (unpaired) electrons. The SMILES string of the molecule is Cc1cc(NC(=O)c2ccnc(Cl)c2)n[nH]1. The Hall–Kier alpha value is -1.88. The number of anilines is 1. The number of amides is 1. The summed E-state index contributed by atoms with van der Waals surface area (Å²) in [5, 5.41) is 9.55. The van der Waals surface area contributed by atoms with Crippen LogP contribution in [0, 0.1) is 6.92 Å². The number of rotatable bonds is 2. The Bertz CT molecular complexity index is 523. The lowest BCUT2D eigenvalue weighted by atomic mass is 10.2. The van der Waals surface area contributed by atoms with E-state index in [1.165, 1.54) is 12.3 Å². The maximum Gasteiger partial charge on any atom is 0.257 e. The van der Waals surface area contributed by atoms with E-state index in [0.29, 0.717) is 11.4 Å². The van der Waals surface area contributed by atoms with Crippen molar-refractivity contribution in [2.75, 3.05) is 5.32 Å². The maximum atomic E-state index is 11.7. The third-order valence-corrected chi connectivity index (χ3v) is 2.14. The molecule has 2 rings (SSSR count). The Morgan fingerprint density at radius 3 is 2.94 bits per heavy atom. The number of hydrogen-bond acceptors (Lipinski definition) is 3. The summed E-state index contributed by atoms with van der Waals surface area (Å²) in [5.41, 5.74) is 1.32. The zero-order chi connectivity index (χ0) is 11.5. The number of aromatic nitrogens is 3. The number of aryl methyl sites for hydroxylation is 1. The molecule has 0 unspecified atom stereocenters. The molecular weight excluding hydrogens is 228 g/mol. The Morgan fingerprint density at radius 1 is 1.50 bits per heavy atom. The highest BCUT2D eigenvalue weighted by molar-refractivity contribution is 6.29. The van der Waals surface area contributed by atoms with Gasteiger partial charge in [-0.25, -0.2) is 4.98 Å². The van der Waals surface area contributed by atoms with E-state index in [-0.39, 0.29) is 11.1 Å². The van der Waals surface area contributed by atoms with Gasteiger partial charge in [0, 0.05) is 23.5 Å². The van der Waals surface area contributed by atoms with E-state index < -0.39 is 0 Å². The molecule has 2 heterocycles. The smallest absolute Gasteiger partial charge is 0.257 e. The lowest BCUT2D eigenvalue weighted by Crippen LogP contribution is -2.12. The molecule has 0 aliphatic carbocycles. The van der Waals surface area contributed by atoms with E-state index in [2.05, 4.69) is 20.5 Å². The minimum atomic E-state index is -0.268. The fourth-order valence-corrected chi connectivity index (χ4v) is 1.39. The van der Waals surface area contributed by atoms with Crippen molar-refractivity contribution in [2.24, 2.45) is 0 Å². The van der Waals surface area contributed by atoms with Gasteiger partial charge in [0.1, 0.15) is 5.15 Å². The molecule has 0 bridgehead atoms. The van der Waals surface area contributed by atoms with Gasteiger partial charge >= 0.3 is 0 Å². The predicted octanol–water partition coefficient (Wildman–Crippen LogP) is 2.02. The van der Waals surface area contributed by atoms with E-state index in [1.807, 2.05) is 6.92 Å². The molecular formula is C10H9ClN4O. The molecule has 0 fully saturated rings. The Balaban J connectivity index is 2.14. The molecule has 0 saturated heterocycles. The highest BCUT2D eigenvalue weighted by Crippen LogP contribution is 2.10. The Kier molecular flexibility index (Phi) is 2.87. The highest BCUT2D eigenvalue weighted by Gasteiger charge is 2.08. The summed E-state index contributed by atoms with van der Waals surface area (Å²) in [6.45, 7) is 1.85. The van der Waals surface area contributed by atoms with Crippen LogP contribution in [0.3, 0.4) is 0 Å². The van der Waals surface area contributed by atoms with Gasteiger partial charge in [-0.3, -0.25) is 9.89 Å². The summed E-state index contributed by atoms with van der Waals surface area (Å²) in [5.74, 6) is 0.214. The molecule has 6 heteroatoms. The second kappa shape index (κ2) is 4.32. The van der Waals surface area contributed by atoms with Crippen molar-refractivity contribution < 1.29 is 4.79 Å². The van der Waals surface area contributed by atoms with Crippen LogP contribution >= 0.6 is 11.6 Å². The van der Waals surface area contributed by atoms with Gasteiger partial charge in [-0.1, -0.05) is 11.6 Å². The van der Waals surface area contributed by atoms with Gasteiger partial charge in [0.15, 0.2) is 5.82 Å². The summed E-state index contributed by atoms with van der Waals surface area (Å²) in [4.78, 5) is 15.5. The van der Waals surface area contributed by atoms with Crippen molar-refractivity contribution in [1.82, 2.24) is 15.2 Å². The van der Waals surface area contributed by atoms with Crippen LogP contribution in [-0.4, -0.2) is 21.1 Å². The molecule has 2 aromatic heterocycles. The summed E-state index contributed by atoms with van der Waals surface area (Å²) in [7, 11) is 0. The van der Waals surface area contributed by atoms with Crippen molar-refractivity contribution >= 4 is 23.3 Å². The molecule has 0 atom stereocenters. The van der Waals surface area contributed by atoms with Gasteiger partial charge < -0.3 is 5.32 Å². The van der Waals surface area contributed by atoms with Gasteiger partial charge in [-0.05, 0) is 19.1 Å².